The molecule has 0 radical (unpaired) electrons. The van der Waals surface area contributed by atoms with Crippen LogP contribution >= 0.6 is 12.4 Å². The van der Waals surface area contributed by atoms with Gasteiger partial charge in [0, 0.05) is 20.3 Å². The van der Waals surface area contributed by atoms with E-state index in [0.29, 0.717) is 6.54 Å². The molecule has 0 aliphatic carbocycles. The highest BCUT2D eigenvalue weighted by Gasteiger charge is 2.01. The second kappa shape index (κ2) is 10.8. The van der Waals surface area contributed by atoms with Crippen molar-refractivity contribution < 1.29 is 14.6 Å². The SMILES string of the molecule is COCCCCN(C)CCC(=O)O.Cl. The van der Waals surface area contributed by atoms with Crippen molar-refractivity contribution in [1.82, 2.24) is 4.90 Å². The van der Waals surface area contributed by atoms with Gasteiger partial charge in [0.2, 0.25) is 0 Å². The number of hydrogen-bond acceptors (Lipinski definition) is 3. The standard InChI is InChI=1S/C9H19NO3.ClH/c1-10(7-5-9(11)12)6-3-4-8-13-2;/h3-8H2,1-2H3,(H,11,12);1H. The van der Waals surface area contributed by atoms with Crippen LogP contribution in [0, 0.1) is 0 Å². The van der Waals surface area contributed by atoms with E-state index in [1.165, 1.54) is 0 Å². The van der Waals surface area contributed by atoms with Crippen LogP contribution in [0.3, 0.4) is 0 Å². The lowest BCUT2D eigenvalue weighted by Crippen LogP contribution is -2.23. The molecule has 0 saturated carbocycles. The molecule has 0 spiro atoms. The number of nitrogens with zero attached hydrogens (tertiary/aromatic N) is 1. The molecule has 0 rings (SSSR count). The van der Waals surface area contributed by atoms with Gasteiger partial charge >= 0.3 is 5.97 Å². The summed E-state index contributed by atoms with van der Waals surface area (Å²) in [6.07, 6.45) is 2.32. The molecule has 0 aromatic rings. The number of carboxylic acid groups (broad SMARTS) is 1. The van der Waals surface area contributed by atoms with Crippen LogP contribution in [0.15, 0.2) is 0 Å². The summed E-state index contributed by atoms with van der Waals surface area (Å²) in [5.41, 5.74) is 0. The molecular weight excluding hydrogens is 206 g/mol. The Morgan fingerprint density at radius 2 is 2.00 bits per heavy atom. The summed E-state index contributed by atoms with van der Waals surface area (Å²) in [5.74, 6) is -0.733. The average Bonchev–Trinajstić information content (AvgIpc) is 2.09. The van der Waals surface area contributed by atoms with Crippen LogP contribution in [0.5, 0.6) is 0 Å². The van der Waals surface area contributed by atoms with Gasteiger partial charge in [0.05, 0.1) is 6.42 Å². The molecule has 0 aromatic carbocycles. The normalized spacial score (nSPS) is 9.93. The number of unbranched alkanes of at least 4 members (excludes halogenated alkanes) is 1. The zero-order valence-corrected chi connectivity index (χ0v) is 9.68. The van der Waals surface area contributed by atoms with E-state index in [1.54, 1.807) is 7.11 Å². The molecule has 0 heterocycles. The lowest BCUT2D eigenvalue weighted by atomic mass is 10.3. The minimum absolute atomic E-state index is 0. The first-order valence-electron chi connectivity index (χ1n) is 4.56. The third kappa shape index (κ3) is 11.7. The number of halogens is 1. The van der Waals surface area contributed by atoms with E-state index in [1.807, 2.05) is 11.9 Å². The second-order valence-electron chi connectivity index (χ2n) is 3.15. The van der Waals surface area contributed by atoms with Crippen LogP contribution in [-0.4, -0.2) is 49.8 Å². The maximum absolute atomic E-state index is 10.2. The van der Waals surface area contributed by atoms with Gasteiger partial charge in [0.15, 0.2) is 0 Å². The predicted molar refractivity (Wildman–Crippen MR) is 58.1 cm³/mol. The number of hydrogen-bond donors (Lipinski definition) is 1. The zero-order chi connectivity index (χ0) is 10.1. The van der Waals surface area contributed by atoms with Gasteiger partial charge in [-0.05, 0) is 26.4 Å². The number of rotatable bonds is 8. The Kier molecular flexibility index (Phi) is 12.4. The van der Waals surface area contributed by atoms with Gasteiger partial charge in [-0.1, -0.05) is 0 Å². The first-order valence-corrected chi connectivity index (χ1v) is 4.56. The molecule has 0 aromatic heterocycles. The first-order chi connectivity index (χ1) is 6.16. The van der Waals surface area contributed by atoms with Gasteiger partial charge < -0.3 is 14.7 Å². The monoisotopic (exact) mass is 225 g/mol. The van der Waals surface area contributed by atoms with Crippen LogP contribution < -0.4 is 0 Å². The van der Waals surface area contributed by atoms with Crippen molar-refractivity contribution in [2.75, 3.05) is 33.9 Å². The third-order valence-electron chi connectivity index (χ3n) is 1.85. The number of methoxy groups -OCH3 is 1. The van der Waals surface area contributed by atoms with Gasteiger partial charge in [-0.25, -0.2) is 0 Å². The van der Waals surface area contributed by atoms with Crippen molar-refractivity contribution >= 4 is 18.4 Å². The fourth-order valence-electron chi connectivity index (χ4n) is 1.03. The molecule has 0 bridgehead atoms. The highest BCUT2D eigenvalue weighted by molar-refractivity contribution is 5.85. The van der Waals surface area contributed by atoms with Gasteiger partial charge in [-0.2, -0.15) is 0 Å². The van der Waals surface area contributed by atoms with Crippen LogP contribution in [0.2, 0.25) is 0 Å². The van der Waals surface area contributed by atoms with Crippen molar-refractivity contribution in [3.8, 4) is 0 Å². The van der Waals surface area contributed by atoms with Crippen molar-refractivity contribution in [2.45, 2.75) is 19.3 Å². The second-order valence-corrected chi connectivity index (χ2v) is 3.15. The zero-order valence-electron chi connectivity index (χ0n) is 8.86. The highest BCUT2D eigenvalue weighted by Crippen LogP contribution is 1.94. The van der Waals surface area contributed by atoms with E-state index < -0.39 is 5.97 Å². The lowest BCUT2D eigenvalue weighted by Gasteiger charge is -2.14. The quantitative estimate of drug-likeness (QED) is 0.632. The molecule has 0 amide bonds. The van der Waals surface area contributed by atoms with Crippen LogP contribution in [-0.2, 0) is 9.53 Å². The first kappa shape index (κ1) is 16.1. The molecule has 0 unspecified atom stereocenters. The van der Waals surface area contributed by atoms with Crippen LogP contribution in [0.4, 0.5) is 0 Å². The molecule has 0 saturated heterocycles. The summed E-state index contributed by atoms with van der Waals surface area (Å²) >= 11 is 0. The van der Waals surface area contributed by atoms with Crippen molar-refractivity contribution in [1.29, 1.82) is 0 Å². The fourth-order valence-corrected chi connectivity index (χ4v) is 1.03. The maximum Gasteiger partial charge on any atom is 0.304 e. The minimum atomic E-state index is -0.733. The van der Waals surface area contributed by atoms with Gasteiger partial charge in [-0.3, -0.25) is 4.79 Å². The molecule has 0 aliphatic heterocycles. The van der Waals surface area contributed by atoms with Crippen LogP contribution in [0.1, 0.15) is 19.3 Å². The molecule has 5 heteroatoms. The average molecular weight is 226 g/mol. The smallest absolute Gasteiger partial charge is 0.304 e. The summed E-state index contributed by atoms with van der Waals surface area (Å²) < 4.78 is 4.91. The number of ether oxygens (including phenoxy) is 1. The molecular formula is C9H20ClNO3. The Hall–Kier alpha value is -0.320. The third-order valence-corrected chi connectivity index (χ3v) is 1.85. The fraction of sp³-hybridized carbons (Fsp3) is 0.889. The van der Waals surface area contributed by atoms with Gasteiger partial charge in [0.1, 0.15) is 0 Å². The van der Waals surface area contributed by atoms with Crippen molar-refractivity contribution in [2.24, 2.45) is 0 Å². The maximum atomic E-state index is 10.2. The Morgan fingerprint density at radius 3 is 2.50 bits per heavy atom. The Labute approximate surface area is 91.6 Å². The Bertz CT molecular complexity index is 144. The number of aliphatic carboxylic acids is 1. The van der Waals surface area contributed by atoms with E-state index in [0.717, 1.165) is 26.0 Å². The Morgan fingerprint density at radius 1 is 1.36 bits per heavy atom. The lowest BCUT2D eigenvalue weighted by molar-refractivity contribution is -0.137. The highest BCUT2D eigenvalue weighted by atomic mass is 35.5. The summed E-state index contributed by atoms with van der Waals surface area (Å²) in [6, 6.07) is 0. The number of carboxylic acids is 1. The molecule has 0 aliphatic rings. The molecule has 14 heavy (non-hydrogen) atoms. The van der Waals surface area contributed by atoms with Crippen LogP contribution in [0.25, 0.3) is 0 Å². The molecule has 1 N–H and O–H groups in total. The topological polar surface area (TPSA) is 49.8 Å². The summed E-state index contributed by atoms with van der Waals surface area (Å²) in [4.78, 5) is 12.3. The molecule has 4 nitrogen and oxygen atoms in total. The molecule has 0 atom stereocenters. The summed E-state index contributed by atoms with van der Waals surface area (Å²) in [7, 11) is 3.63. The minimum Gasteiger partial charge on any atom is -0.481 e. The van der Waals surface area contributed by atoms with Crippen molar-refractivity contribution in [3.63, 3.8) is 0 Å². The molecule has 0 fully saturated rings. The van der Waals surface area contributed by atoms with Gasteiger partial charge in [-0.15, -0.1) is 12.4 Å². The van der Waals surface area contributed by atoms with Crippen molar-refractivity contribution in [3.05, 3.63) is 0 Å². The van der Waals surface area contributed by atoms with Gasteiger partial charge in [0.25, 0.3) is 0 Å². The van der Waals surface area contributed by atoms with E-state index in [4.69, 9.17) is 9.84 Å². The summed E-state index contributed by atoms with van der Waals surface area (Å²) in [5, 5.41) is 8.43. The van der Waals surface area contributed by atoms with E-state index in [-0.39, 0.29) is 18.8 Å². The number of carbonyl (C=O) groups is 1. The summed E-state index contributed by atoms with van der Waals surface area (Å²) in [6.45, 7) is 2.35. The largest absolute Gasteiger partial charge is 0.481 e. The van der Waals surface area contributed by atoms with E-state index in [9.17, 15) is 4.79 Å². The predicted octanol–water partition coefficient (Wildman–Crippen LogP) is 1.24. The van der Waals surface area contributed by atoms with E-state index in [2.05, 4.69) is 0 Å². The molecule has 86 valence electrons. The van der Waals surface area contributed by atoms with E-state index >= 15 is 0 Å². The Balaban J connectivity index is 0.